The van der Waals surface area contributed by atoms with Crippen LogP contribution in [0.15, 0.2) is 0 Å². The second-order valence-electron chi connectivity index (χ2n) is 4.09. The van der Waals surface area contributed by atoms with Crippen LogP contribution >= 0.6 is 0 Å². The Bertz CT molecular complexity index is 241. The lowest BCUT2D eigenvalue weighted by Crippen LogP contribution is -2.50. The fourth-order valence-corrected chi connectivity index (χ4v) is 1.41. The van der Waals surface area contributed by atoms with E-state index >= 15 is 0 Å². The first-order valence-corrected chi connectivity index (χ1v) is 5.72. The number of carboxylic acid groups (broad SMARTS) is 1. The van der Waals surface area contributed by atoms with Gasteiger partial charge < -0.3 is 15.3 Å². The third-order valence-electron chi connectivity index (χ3n) is 2.37. The molecule has 0 saturated heterocycles. The lowest BCUT2D eigenvalue weighted by atomic mass is 10.1. The summed E-state index contributed by atoms with van der Waals surface area (Å²) in [5.74, 6) is -1.11. The molecule has 1 unspecified atom stereocenters. The Balaban J connectivity index is 4.43. The number of aliphatic carboxylic acids is 1. The Hall–Kier alpha value is -1.26. The Morgan fingerprint density at radius 3 is 2.19 bits per heavy atom. The SMILES string of the molecule is CCCN(CC)C(=O)NC(C(=O)O)C(C)C. The van der Waals surface area contributed by atoms with Crippen LogP contribution in [0.3, 0.4) is 0 Å². The van der Waals surface area contributed by atoms with E-state index in [4.69, 9.17) is 5.11 Å². The zero-order chi connectivity index (χ0) is 12.7. The number of urea groups is 1. The van der Waals surface area contributed by atoms with E-state index in [1.807, 2.05) is 13.8 Å². The van der Waals surface area contributed by atoms with Crippen LogP contribution in [0.2, 0.25) is 0 Å². The highest BCUT2D eigenvalue weighted by molar-refractivity contribution is 5.82. The van der Waals surface area contributed by atoms with Gasteiger partial charge in [-0.1, -0.05) is 20.8 Å². The number of carbonyl (C=O) groups is 2. The molecule has 0 bridgehead atoms. The smallest absolute Gasteiger partial charge is 0.326 e. The van der Waals surface area contributed by atoms with Gasteiger partial charge in [-0.2, -0.15) is 0 Å². The third kappa shape index (κ3) is 4.51. The minimum atomic E-state index is -0.990. The van der Waals surface area contributed by atoms with E-state index in [0.29, 0.717) is 13.1 Å². The van der Waals surface area contributed by atoms with Crippen molar-refractivity contribution in [2.75, 3.05) is 13.1 Å². The molecule has 0 aliphatic rings. The summed E-state index contributed by atoms with van der Waals surface area (Å²) in [4.78, 5) is 24.3. The summed E-state index contributed by atoms with van der Waals surface area (Å²) < 4.78 is 0. The first kappa shape index (κ1) is 14.7. The van der Waals surface area contributed by atoms with Crippen LogP contribution in [0.4, 0.5) is 4.79 Å². The summed E-state index contributed by atoms with van der Waals surface area (Å²) in [6.45, 7) is 8.63. The van der Waals surface area contributed by atoms with Gasteiger partial charge in [0.2, 0.25) is 0 Å². The Labute approximate surface area is 96.8 Å². The molecule has 0 aromatic heterocycles. The Morgan fingerprint density at radius 1 is 1.31 bits per heavy atom. The van der Waals surface area contributed by atoms with Crippen LogP contribution < -0.4 is 5.32 Å². The number of nitrogens with zero attached hydrogens (tertiary/aromatic N) is 1. The van der Waals surface area contributed by atoms with E-state index in [0.717, 1.165) is 6.42 Å². The van der Waals surface area contributed by atoms with Gasteiger partial charge in [0.15, 0.2) is 0 Å². The van der Waals surface area contributed by atoms with Crippen LogP contribution in [0.1, 0.15) is 34.1 Å². The molecule has 0 spiro atoms. The number of carbonyl (C=O) groups excluding carboxylic acids is 1. The molecule has 0 aliphatic heterocycles. The standard InChI is InChI=1S/C11H22N2O3/c1-5-7-13(6-2)11(16)12-9(8(3)4)10(14)15/h8-9H,5-7H2,1-4H3,(H,12,16)(H,14,15). The largest absolute Gasteiger partial charge is 0.480 e. The van der Waals surface area contributed by atoms with Crippen molar-refractivity contribution in [2.24, 2.45) is 5.92 Å². The molecule has 0 saturated carbocycles. The maximum Gasteiger partial charge on any atom is 0.326 e. The minimum absolute atomic E-state index is 0.123. The van der Waals surface area contributed by atoms with E-state index < -0.39 is 12.0 Å². The van der Waals surface area contributed by atoms with E-state index in [-0.39, 0.29) is 11.9 Å². The quantitative estimate of drug-likeness (QED) is 0.727. The highest BCUT2D eigenvalue weighted by Gasteiger charge is 2.25. The Morgan fingerprint density at radius 2 is 1.88 bits per heavy atom. The highest BCUT2D eigenvalue weighted by Crippen LogP contribution is 2.03. The van der Waals surface area contributed by atoms with Crippen LogP contribution in [0, 0.1) is 5.92 Å². The lowest BCUT2D eigenvalue weighted by molar-refractivity contribution is -0.140. The van der Waals surface area contributed by atoms with E-state index in [1.54, 1.807) is 18.7 Å². The average molecular weight is 230 g/mol. The highest BCUT2D eigenvalue weighted by atomic mass is 16.4. The maximum atomic E-state index is 11.7. The zero-order valence-corrected chi connectivity index (χ0v) is 10.5. The van der Waals surface area contributed by atoms with E-state index in [1.165, 1.54) is 0 Å². The molecule has 2 amide bonds. The molecule has 0 aromatic carbocycles. The fourth-order valence-electron chi connectivity index (χ4n) is 1.41. The molecule has 0 fully saturated rings. The molecule has 0 rings (SSSR count). The molecule has 2 N–H and O–H groups in total. The zero-order valence-electron chi connectivity index (χ0n) is 10.5. The van der Waals surface area contributed by atoms with Gasteiger partial charge in [0.25, 0.3) is 0 Å². The third-order valence-corrected chi connectivity index (χ3v) is 2.37. The Kier molecular flexibility index (Phi) is 6.53. The van der Waals surface area contributed by atoms with E-state index in [2.05, 4.69) is 5.32 Å². The van der Waals surface area contributed by atoms with Crippen molar-refractivity contribution in [3.8, 4) is 0 Å². The molecular weight excluding hydrogens is 208 g/mol. The monoisotopic (exact) mass is 230 g/mol. The minimum Gasteiger partial charge on any atom is -0.480 e. The van der Waals surface area contributed by atoms with Gasteiger partial charge in [0.05, 0.1) is 0 Å². The predicted molar refractivity (Wildman–Crippen MR) is 62.3 cm³/mol. The summed E-state index contributed by atoms with van der Waals surface area (Å²) >= 11 is 0. The molecule has 0 radical (unpaired) electrons. The number of hydrogen-bond donors (Lipinski definition) is 2. The molecular formula is C11H22N2O3. The van der Waals surface area contributed by atoms with Crippen molar-refractivity contribution < 1.29 is 14.7 Å². The van der Waals surface area contributed by atoms with Crippen molar-refractivity contribution in [1.29, 1.82) is 0 Å². The topological polar surface area (TPSA) is 69.6 Å². The second-order valence-corrected chi connectivity index (χ2v) is 4.09. The van der Waals surface area contributed by atoms with Gasteiger partial charge in [0.1, 0.15) is 6.04 Å². The normalized spacial score (nSPS) is 12.3. The second kappa shape index (κ2) is 7.09. The van der Waals surface area contributed by atoms with Crippen molar-refractivity contribution in [2.45, 2.75) is 40.2 Å². The summed E-state index contributed by atoms with van der Waals surface area (Å²) in [6.07, 6.45) is 0.862. The van der Waals surface area contributed by atoms with Crippen LogP contribution in [0.5, 0.6) is 0 Å². The number of carboxylic acids is 1. The van der Waals surface area contributed by atoms with Crippen molar-refractivity contribution >= 4 is 12.0 Å². The van der Waals surface area contributed by atoms with E-state index in [9.17, 15) is 9.59 Å². The first-order valence-electron chi connectivity index (χ1n) is 5.72. The average Bonchev–Trinajstić information content (AvgIpc) is 2.21. The number of rotatable bonds is 6. The first-order chi connectivity index (χ1) is 7.43. The molecule has 94 valence electrons. The summed E-state index contributed by atoms with van der Waals surface area (Å²) in [7, 11) is 0. The summed E-state index contributed by atoms with van der Waals surface area (Å²) in [5, 5.41) is 11.5. The lowest BCUT2D eigenvalue weighted by Gasteiger charge is -2.25. The molecule has 0 aliphatic carbocycles. The van der Waals surface area contributed by atoms with Gasteiger partial charge in [-0.15, -0.1) is 0 Å². The van der Waals surface area contributed by atoms with Gasteiger partial charge in [0, 0.05) is 13.1 Å². The van der Waals surface area contributed by atoms with Crippen molar-refractivity contribution in [3.63, 3.8) is 0 Å². The van der Waals surface area contributed by atoms with Crippen LogP contribution in [-0.4, -0.2) is 41.1 Å². The van der Waals surface area contributed by atoms with Gasteiger partial charge in [-0.25, -0.2) is 9.59 Å². The molecule has 0 heterocycles. The summed E-state index contributed by atoms with van der Waals surface area (Å²) in [6, 6.07) is -1.12. The predicted octanol–water partition coefficient (Wildman–Crippen LogP) is 1.54. The fraction of sp³-hybridized carbons (Fsp3) is 0.818. The number of nitrogens with one attached hydrogen (secondary N) is 1. The molecule has 16 heavy (non-hydrogen) atoms. The number of hydrogen-bond acceptors (Lipinski definition) is 2. The molecule has 0 aromatic rings. The molecule has 5 heteroatoms. The van der Waals surface area contributed by atoms with Gasteiger partial charge >= 0.3 is 12.0 Å². The van der Waals surface area contributed by atoms with Crippen LogP contribution in [-0.2, 0) is 4.79 Å². The van der Waals surface area contributed by atoms with Crippen LogP contribution in [0.25, 0.3) is 0 Å². The molecule has 1 atom stereocenters. The van der Waals surface area contributed by atoms with Gasteiger partial charge in [-0.05, 0) is 19.3 Å². The van der Waals surface area contributed by atoms with Gasteiger partial charge in [-0.3, -0.25) is 0 Å². The van der Waals surface area contributed by atoms with Crippen molar-refractivity contribution in [1.82, 2.24) is 10.2 Å². The van der Waals surface area contributed by atoms with Crippen molar-refractivity contribution in [3.05, 3.63) is 0 Å². The maximum absolute atomic E-state index is 11.7. The molecule has 5 nitrogen and oxygen atoms in total. The summed E-state index contributed by atoms with van der Waals surface area (Å²) in [5.41, 5.74) is 0. The number of amides is 2.